The zero-order valence-corrected chi connectivity index (χ0v) is 10.2. The van der Waals surface area contributed by atoms with E-state index in [-0.39, 0.29) is 18.7 Å². The van der Waals surface area contributed by atoms with Crippen molar-refractivity contribution < 1.29 is 24.0 Å². The molecule has 1 saturated carbocycles. The molecule has 1 amide bonds. The number of nitrogens with zero attached hydrogens (tertiary/aromatic N) is 1. The monoisotopic (exact) mass is 266 g/mol. The van der Waals surface area contributed by atoms with E-state index in [2.05, 4.69) is 10.5 Å². The van der Waals surface area contributed by atoms with Crippen LogP contribution in [0.4, 0.5) is 0 Å². The lowest BCUT2D eigenvalue weighted by atomic mass is 9.99. The van der Waals surface area contributed by atoms with Gasteiger partial charge in [-0.2, -0.15) is 0 Å². The van der Waals surface area contributed by atoms with Crippen molar-refractivity contribution in [3.8, 4) is 0 Å². The molecule has 1 aliphatic heterocycles. The van der Waals surface area contributed by atoms with Crippen LogP contribution in [-0.2, 0) is 9.53 Å². The van der Waals surface area contributed by atoms with Crippen LogP contribution < -0.4 is 5.32 Å². The molecule has 2 aliphatic rings. The van der Waals surface area contributed by atoms with Gasteiger partial charge in [-0.25, -0.2) is 4.79 Å². The number of nitrogens with one attached hydrogen (secondary N) is 1. The molecule has 102 valence electrons. The van der Waals surface area contributed by atoms with Crippen LogP contribution in [0.25, 0.3) is 0 Å². The van der Waals surface area contributed by atoms with Crippen LogP contribution in [0.2, 0.25) is 0 Å². The molecule has 7 nitrogen and oxygen atoms in total. The maximum Gasteiger partial charge on any atom is 0.331 e. The van der Waals surface area contributed by atoms with Crippen LogP contribution >= 0.6 is 0 Å². The summed E-state index contributed by atoms with van der Waals surface area (Å²) in [5.41, 5.74) is -1.23. The second kappa shape index (κ2) is 4.34. The number of carbonyl (C=O) groups is 2. The maximum absolute atomic E-state index is 12.0. The molecule has 1 atom stereocenters. The van der Waals surface area contributed by atoms with Gasteiger partial charge in [-0.05, 0) is 12.8 Å². The minimum atomic E-state index is -1.35. The number of hydrogen-bond acceptors (Lipinski definition) is 5. The summed E-state index contributed by atoms with van der Waals surface area (Å²) in [5, 5.41) is 15.4. The molecule has 19 heavy (non-hydrogen) atoms. The van der Waals surface area contributed by atoms with Crippen LogP contribution in [0.5, 0.6) is 0 Å². The number of aromatic nitrogens is 1. The van der Waals surface area contributed by atoms with Crippen molar-refractivity contribution in [2.24, 2.45) is 0 Å². The molecule has 1 aliphatic carbocycles. The highest BCUT2D eigenvalue weighted by Gasteiger charge is 2.44. The van der Waals surface area contributed by atoms with Crippen LogP contribution in [0.15, 0.2) is 10.6 Å². The molecular formula is C12H14N2O5. The first-order valence-electron chi connectivity index (χ1n) is 6.21. The summed E-state index contributed by atoms with van der Waals surface area (Å²) in [5.74, 6) is -0.581. The minimum Gasteiger partial charge on any atom is -0.479 e. The Kier molecular flexibility index (Phi) is 2.78. The molecule has 1 unspecified atom stereocenters. The zero-order valence-electron chi connectivity index (χ0n) is 10.2. The largest absolute Gasteiger partial charge is 0.479 e. The summed E-state index contributed by atoms with van der Waals surface area (Å²) in [6.45, 7) is 0.292. The van der Waals surface area contributed by atoms with Crippen LogP contribution in [0.3, 0.4) is 0 Å². The van der Waals surface area contributed by atoms with Gasteiger partial charge in [0.25, 0.3) is 5.91 Å². The quantitative estimate of drug-likeness (QED) is 0.824. The van der Waals surface area contributed by atoms with E-state index in [0.717, 1.165) is 12.8 Å². The Balaban J connectivity index is 1.73. The number of aliphatic carboxylic acids is 1. The molecule has 2 heterocycles. The fourth-order valence-corrected chi connectivity index (χ4v) is 2.12. The average molecular weight is 266 g/mol. The van der Waals surface area contributed by atoms with Crippen LogP contribution in [0, 0.1) is 0 Å². The third kappa shape index (κ3) is 2.21. The first-order valence-corrected chi connectivity index (χ1v) is 6.21. The van der Waals surface area contributed by atoms with Gasteiger partial charge in [-0.3, -0.25) is 4.79 Å². The summed E-state index contributed by atoms with van der Waals surface area (Å²) < 4.78 is 10.2. The summed E-state index contributed by atoms with van der Waals surface area (Å²) >= 11 is 0. The van der Waals surface area contributed by atoms with Gasteiger partial charge in [0.1, 0.15) is 5.76 Å². The second-order valence-electron chi connectivity index (χ2n) is 5.03. The van der Waals surface area contributed by atoms with E-state index in [9.17, 15) is 14.7 Å². The summed E-state index contributed by atoms with van der Waals surface area (Å²) in [4.78, 5) is 23.3. The van der Waals surface area contributed by atoms with E-state index in [1.807, 2.05) is 0 Å². The Morgan fingerprint density at radius 3 is 2.84 bits per heavy atom. The van der Waals surface area contributed by atoms with Gasteiger partial charge in [-0.15, -0.1) is 0 Å². The highest BCUT2D eigenvalue weighted by Crippen LogP contribution is 2.40. The number of amides is 1. The number of carboxylic acid groups (broad SMARTS) is 1. The third-order valence-corrected chi connectivity index (χ3v) is 3.52. The number of ether oxygens (including phenoxy) is 1. The molecule has 1 aromatic heterocycles. The lowest BCUT2D eigenvalue weighted by Gasteiger charge is -2.22. The maximum atomic E-state index is 12.0. The van der Waals surface area contributed by atoms with Crippen molar-refractivity contribution in [2.45, 2.75) is 30.7 Å². The van der Waals surface area contributed by atoms with E-state index < -0.39 is 17.4 Å². The number of hydrogen-bond donors (Lipinski definition) is 2. The average Bonchev–Trinajstić information content (AvgIpc) is 2.93. The van der Waals surface area contributed by atoms with Gasteiger partial charge in [0.05, 0.1) is 6.61 Å². The summed E-state index contributed by atoms with van der Waals surface area (Å²) in [6.07, 6.45) is 2.34. The Morgan fingerprint density at radius 1 is 1.47 bits per heavy atom. The van der Waals surface area contributed by atoms with Crippen LogP contribution in [0.1, 0.15) is 41.4 Å². The molecule has 3 rings (SSSR count). The molecule has 0 bridgehead atoms. The Labute approximate surface area is 108 Å². The van der Waals surface area contributed by atoms with Gasteiger partial charge in [-0.1, -0.05) is 5.16 Å². The SMILES string of the molecule is O=C(NC1(C(=O)O)CCOC1)c1cc(C2CC2)on1. The fraction of sp³-hybridized carbons (Fsp3) is 0.583. The highest BCUT2D eigenvalue weighted by molar-refractivity contribution is 5.96. The molecule has 1 aromatic rings. The molecular weight excluding hydrogens is 252 g/mol. The summed E-state index contributed by atoms with van der Waals surface area (Å²) in [7, 11) is 0. The van der Waals surface area contributed by atoms with Crippen molar-refractivity contribution in [3.05, 3.63) is 17.5 Å². The Morgan fingerprint density at radius 2 is 2.26 bits per heavy atom. The Hall–Kier alpha value is -1.89. The van der Waals surface area contributed by atoms with Crippen molar-refractivity contribution in [1.29, 1.82) is 0 Å². The van der Waals surface area contributed by atoms with E-state index >= 15 is 0 Å². The lowest BCUT2D eigenvalue weighted by molar-refractivity contribution is -0.144. The van der Waals surface area contributed by atoms with Crippen LogP contribution in [-0.4, -0.2) is 40.9 Å². The van der Waals surface area contributed by atoms with Gasteiger partial charge in [0, 0.05) is 25.0 Å². The first-order chi connectivity index (χ1) is 9.11. The van der Waals surface area contributed by atoms with Gasteiger partial charge >= 0.3 is 5.97 Å². The highest BCUT2D eigenvalue weighted by atomic mass is 16.5. The van der Waals surface area contributed by atoms with E-state index in [4.69, 9.17) is 9.26 Å². The lowest BCUT2D eigenvalue weighted by Crippen LogP contribution is -2.55. The molecule has 7 heteroatoms. The smallest absolute Gasteiger partial charge is 0.331 e. The van der Waals surface area contributed by atoms with Gasteiger partial charge in [0.15, 0.2) is 11.2 Å². The topological polar surface area (TPSA) is 102 Å². The van der Waals surface area contributed by atoms with Crippen molar-refractivity contribution in [1.82, 2.24) is 10.5 Å². The predicted octanol–water partition coefficient (Wildman–Crippen LogP) is 0.525. The second-order valence-corrected chi connectivity index (χ2v) is 5.03. The molecule has 0 spiro atoms. The van der Waals surface area contributed by atoms with Gasteiger partial charge < -0.3 is 19.7 Å². The summed E-state index contributed by atoms with van der Waals surface area (Å²) in [6, 6.07) is 1.58. The number of carboxylic acids is 1. The van der Waals surface area contributed by atoms with Crippen molar-refractivity contribution in [2.75, 3.05) is 13.2 Å². The first kappa shape index (κ1) is 12.2. The van der Waals surface area contributed by atoms with Gasteiger partial charge in [0.2, 0.25) is 0 Å². The molecule has 2 N–H and O–H groups in total. The van der Waals surface area contributed by atoms with Crippen molar-refractivity contribution in [3.63, 3.8) is 0 Å². The number of carbonyl (C=O) groups excluding carboxylic acids is 1. The fourth-order valence-electron chi connectivity index (χ4n) is 2.12. The minimum absolute atomic E-state index is 0.0264. The normalized spacial score (nSPS) is 26.3. The van der Waals surface area contributed by atoms with E-state index in [1.54, 1.807) is 6.07 Å². The molecule has 1 saturated heterocycles. The Bertz CT molecular complexity index is 514. The zero-order chi connectivity index (χ0) is 13.5. The third-order valence-electron chi connectivity index (χ3n) is 3.52. The van der Waals surface area contributed by atoms with E-state index in [1.165, 1.54) is 0 Å². The van der Waals surface area contributed by atoms with E-state index in [0.29, 0.717) is 18.3 Å². The van der Waals surface area contributed by atoms with Crippen molar-refractivity contribution >= 4 is 11.9 Å². The molecule has 0 radical (unpaired) electrons. The number of rotatable bonds is 4. The molecule has 0 aromatic carbocycles. The standard InChI is InChI=1S/C12H14N2O5/c15-10(8-5-9(19-14-8)7-1-2-7)13-12(11(16)17)3-4-18-6-12/h5,7H,1-4,6H2,(H,13,15)(H,16,17). The predicted molar refractivity (Wildman–Crippen MR) is 61.7 cm³/mol. The molecule has 2 fully saturated rings.